The van der Waals surface area contributed by atoms with Gasteiger partial charge in [-0.15, -0.1) is 11.3 Å². The molecule has 1 aliphatic rings. The van der Waals surface area contributed by atoms with Crippen LogP contribution in [0.4, 0.5) is 0 Å². The van der Waals surface area contributed by atoms with Gasteiger partial charge in [0.25, 0.3) is 0 Å². The first-order valence-electron chi connectivity index (χ1n) is 6.22. The molecular formula is C14H19NO2S. The van der Waals surface area contributed by atoms with Gasteiger partial charge in [0.2, 0.25) is 5.91 Å². The molecule has 1 aromatic heterocycles. The lowest BCUT2D eigenvalue weighted by Crippen LogP contribution is -2.48. The Balaban J connectivity index is 1.97. The number of carbonyl (C=O) groups excluding carboxylic acids is 1. The molecule has 0 spiro atoms. The molecule has 98 valence electrons. The number of aliphatic hydroxyl groups is 1. The molecule has 0 saturated carbocycles. The summed E-state index contributed by atoms with van der Waals surface area (Å²) in [5.41, 5.74) is -0.735. The van der Waals surface area contributed by atoms with E-state index in [1.54, 1.807) is 29.2 Å². The van der Waals surface area contributed by atoms with Crippen molar-refractivity contribution in [2.75, 3.05) is 13.1 Å². The molecule has 0 aliphatic carbocycles. The summed E-state index contributed by atoms with van der Waals surface area (Å²) in [4.78, 5) is 16.0. The zero-order chi connectivity index (χ0) is 13.2. The fourth-order valence-electron chi connectivity index (χ4n) is 2.21. The van der Waals surface area contributed by atoms with E-state index in [0.29, 0.717) is 6.54 Å². The molecular weight excluding hydrogens is 246 g/mol. The van der Waals surface area contributed by atoms with Crippen molar-refractivity contribution in [3.8, 4) is 0 Å². The van der Waals surface area contributed by atoms with Crippen molar-refractivity contribution < 1.29 is 9.90 Å². The summed E-state index contributed by atoms with van der Waals surface area (Å²) in [5.74, 6) is -0.0129. The summed E-state index contributed by atoms with van der Waals surface area (Å²) in [6.45, 7) is 5.01. The Hall–Kier alpha value is -1.13. The number of hydrogen-bond acceptors (Lipinski definition) is 3. The minimum Gasteiger partial charge on any atom is -0.388 e. The highest BCUT2D eigenvalue weighted by Gasteiger charge is 2.29. The van der Waals surface area contributed by atoms with Crippen LogP contribution in [0.3, 0.4) is 0 Å². The van der Waals surface area contributed by atoms with Crippen molar-refractivity contribution in [3.05, 3.63) is 28.0 Å². The molecule has 1 amide bonds. The molecule has 1 saturated heterocycles. The van der Waals surface area contributed by atoms with Crippen molar-refractivity contribution in [2.24, 2.45) is 0 Å². The Bertz CT molecular complexity index is 462. The molecule has 4 heteroatoms. The van der Waals surface area contributed by atoms with Gasteiger partial charge < -0.3 is 10.0 Å². The lowest BCUT2D eigenvalue weighted by molar-refractivity contribution is -0.132. The maximum absolute atomic E-state index is 12.0. The first kappa shape index (κ1) is 13.3. The van der Waals surface area contributed by atoms with E-state index in [1.807, 2.05) is 25.1 Å². The topological polar surface area (TPSA) is 40.5 Å². The molecule has 2 rings (SSSR count). The normalized spacial score (nSPS) is 24.7. The summed E-state index contributed by atoms with van der Waals surface area (Å²) in [6, 6.07) is 4.05. The van der Waals surface area contributed by atoms with Crippen LogP contribution in [0.5, 0.6) is 0 Å². The number of rotatable bonds is 2. The van der Waals surface area contributed by atoms with Crippen LogP contribution in [0.15, 0.2) is 18.2 Å². The van der Waals surface area contributed by atoms with E-state index in [9.17, 15) is 9.90 Å². The van der Waals surface area contributed by atoms with E-state index >= 15 is 0 Å². The van der Waals surface area contributed by atoms with Gasteiger partial charge in [-0.2, -0.15) is 0 Å². The molecule has 1 atom stereocenters. The second-order valence-electron chi connectivity index (χ2n) is 5.14. The smallest absolute Gasteiger partial charge is 0.246 e. The van der Waals surface area contributed by atoms with E-state index in [-0.39, 0.29) is 5.91 Å². The number of likely N-dealkylation sites (tertiary alicyclic amines) is 1. The van der Waals surface area contributed by atoms with Gasteiger partial charge in [0.1, 0.15) is 0 Å². The second kappa shape index (κ2) is 5.24. The maximum Gasteiger partial charge on any atom is 0.246 e. The Morgan fingerprint density at radius 3 is 2.94 bits per heavy atom. The molecule has 1 fully saturated rings. The lowest BCUT2D eigenvalue weighted by Gasteiger charge is -2.36. The molecule has 1 aromatic rings. The van der Waals surface area contributed by atoms with Crippen LogP contribution < -0.4 is 0 Å². The van der Waals surface area contributed by atoms with Gasteiger partial charge in [-0.1, -0.05) is 0 Å². The van der Waals surface area contributed by atoms with Crippen LogP contribution in [0.2, 0.25) is 0 Å². The molecule has 1 unspecified atom stereocenters. The monoisotopic (exact) mass is 265 g/mol. The summed E-state index contributed by atoms with van der Waals surface area (Å²) < 4.78 is 0. The number of thiophene rings is 1. The number of nitrogens with zero attached hydrogens (tertiary/aromatic N) is 1. The first-order chi connectivity index (χ1) is 8.46. The van der Waals surface area contributed by atoms with E-state index in [1.165, 1.54) is 4.88 Å². The zero-order valence-electron chi connectivity index (χ0n) is 10.8. The minimum absolute atomic E-state index is 0.0129. The third-order valence-electron chi connectivity index (χ3n) is 3.14. The molecule has 1 N–H and O–H groups in total. The first-order valence-corrected chi connectivity index (χ1v) is 7.04. The van der Waals surface area contributed by atoms with Gasteiger partial charge in [-0.25, -0.2) is 0 Å². The minimum atomic E-state index is -0.735. The summed E-state index contributed by atoms with van der Waals surface area (Å²) in [6.07, 6.45) is 5.09. The van der Waals surface area contributed by atoms with Gasteiger partial charge in [0, 0.05) is 28.9 Å². The van der Waals surface area contributed by atoms with Gasteiger partial charge >= 0.3 is 0 Å². The SMILES string of the molecule is Cc1ccc(/C=C/C(=O)N2CCCC(C)(O)C2)s1. The molecule has 0 bridgehead atoms. The molecule has 0 aromatic carbocycles. The van der Waals surface area contributed by atoms with Gasteiger partial charge in [-0.05, 0) is 44.9 Å². The van der Waals surface area contributed by atoms with Crippen molar-refractivity contribution >= 4 is 23.3 Å². The fraction of sp³-hybridized carbons (Fsp3) is 0.500. The Labute approximate surface area is 112 Å². The van der Waals surface area contributed by atoms with E-state index < -0.39 is 5.60 Å². The number of carbonyl (C=O) groups is 1. The van der Waals surface area contributed by atoms with Crippen LogP contribution >= 0.6 is 11.3 Å². The highest BCUT2D eigenvalue weighted by Crippen LogP contribution is 2.21. The molecule has 1 aliphatic heterocycles. The van der Waals surface area contributed by atoms with Crippen LogP contribution in [0.1, 0.15) is 29.5 Å². The van der Waals surface area contributed by atoms with Crippen LogP contribution in [-0.2, 0) is 4.79 Å². The van der Waals surface area contributed by atoms with Crippen molar-refractivity contribution in [1.29, 1.82) is 0 Å². The number of hydrogen-bond donors (Lipinski definition) is 1. The number of β-amino-alcohol motifs (C(OH)–C–C–N with tert-alkyl or cyclic N) is 1. The van der Waals surface area contributed by atoms with Gasteiger partial charge in [0.05, 0.1) is 5.60 Å². The number of amides is 1. The maximum atomic E-state index is 12.0. The molecule has 0 radical (unpaired) electrons. The van der Waals surface area contributed by atoms with Crippen LogP contribution in [0, 0.1) is 6.92 Å². The van der Waals surface area contributed by atoms with E-state index in [0.717, 1.165) is 24.3 Å². The van der Waals surface area contributed by atoms with Gasteiger partial charge in [-0.3, -0.25) is 4.79 Å². The third-order valence-corrected chi connectivity index (χ3v) is 4.10. The standard InChI is InChI=1S/C14H19NO2S/c1-11-4-5-12(18-11)6-7-13(16)15-9-3-8-14(2,17)10-15/h4-7,17H,3,8-10H2,1-2H3/b7-6+. The largest absolute Gasteiger partial charge is 0.388 e. The summed E-state index contributed by atoms with van der Waals surface area (Å²) in [7, 11) is 0. The van der Waals surface area contributed by atoms with Crippen LogP contribution in [-0.4, -0.2) is 34.6 Å². The molecule has 18 heavy (non-hydrogen) atoms. The van der Waals surface area contributed by atoms with E-state index in [2.05, 4.69) is 0 Å². The Kier molecular flexibility index (Phi) is 3.88. The Morgan fingerprint density at radius 2 is 2.33 bits per heavy atom. The third kappa shape index (κ3) is 3.43. The average molecular weight is 265 g/mol. The quantitative estimate of drug-likeness (QED) is 0.834. The van der Waals surface area contributed by atoms with Crippen molar-refractivity contribution in [3.63, 3.8) is 0 Å². The predicted octanol–water partition coefficient (Wildman–Crippen LogP) is 2.44. The lowest BCUT2D eigenvalue weighted by atomic mass is 9.95. The highest BCUT2D eigenvalue weighted by molar-refractivity contribution is 7.12. The molecule has 3 nitrogen and oxygen atoms in total. The van der Waals surface area contributed by atoms with Gasteiger partial charge in [0.15, 0.2) is 0 Å². The zero-order valence-corrected chi connectivity index (χ0v) is 11.7. The highest BCUT2D eigenvalue weighted by atomic mass is 32.1. The van der Waals surface area contributed by atoms with Crippen LogP contribution in [0.25, 0.3) is 6.08 Å². The predicted molar refractivity (Wildman–Crippen MR) is 74.5 cm³/mol. The van der Waals surface area contributed by atoms with E-state index in [4.69, 9.17) is 0 Å². The summed E-state index contributed by atoms with van der Waals surface area (Å²) in [5, 5.41) is 9.97. The van der Waals surface area contributed by atoms with Crippen molar-refractivity contribution in [1.82, 2.24) is 4.90 Å². The second-order valence-corrected chi connectivity index (χ2v) is 6.46. The fourth-order valence-corrected chi connectivity index (χ4v) is 2.99. The number of aryl methyl sites for hydroxylation is 1. The summed E-state index contributed by atoms with van der Waals surface area (Å²) >= 11 is 1.67. The average Bonchev–Trinajstić information content (AvgIpc) is 2.70. The van der Waals surface area contributed by atoms with Crippen molar-refractivity contribution in [2.45, 2.75) is 32.3 Å². The molecule has 2 heterocycles. The Morgan fingerprint density at radius 1 is 1.56 bits per heavy atom. The number of piperidine rings is 1.